The Morgan fingerprint density at radius 1 is 1.22 bits per heavy atom. The van der Waals surface area contributed by atoms with Crippen molar-refractivity contribution in [1.29, 1.82) is 5.26 Å². The van der Waals surface area contributed by atoms with Crippen molar-refractivity contribution in [2.75, 3.05) is 24.5 Å². The van der Waals surface area contributed by atoms with Crippen molar-refractivity contribution in [3.8, 4) is 6.07 Å². The number of nitriles is 1. The highest BCUT2D eigenvalue weighted by Gasteiger charge is 2.41. The van der Waals surface area contributed by atoms with Gasteiger partial charge < -0.3 is 20.2 Å². The van der Waals surface area contributed by atoms with Crippen molar-refractivity contribution in [2.24, 2.45) is 0 Å². The van der Waals surface area contributed by atoms with Gasteiger partial charge in [-0.3, -0.25) is 4.79 Å². The molecule has 2 bridgehead atoms. The fourth-order valence-corrected chi connectivity index (χ4v) is 4.99. The average Bonchev–Trinajstić information content (AvgIpc) is 3.05. The molecule has 32 heavy (non-hydrogen) atoms. The normalized spacial score (nSPS) is 21.3. The summed E-state index contributed by atoms with van der Waals surface area (Å²) in [4.78, 5) is 21.7. The zero-order valence-electron chi connectivity index (χ0n) is 18.7. The summed E-state index contributed by atoms with van der Waals surface area (Å²) in [5.41, 5.74) is 0.625. The lowest BCUT2D eigenvalue weighted by Crippen LogP contribution is -2.56. The molecule has 3 heterocycles. The quantitative estimate of drug-likeness (QED) is 0.697. The largest absolute Gasteiger partial charge is 0.388 e. The molecule has 1 aromatic heterocycles. The van der Waals surface area contributed by atoms with E-state index in [9.17, 15) is 9.90 Å². The lowest BCUT2D eigenvalue weighted by Gasteiger charge is -2.42. The number of nitrogens with one attached hydrogen (secondary N) is 1. The summed E-state index contributed by atoms with van der Waals surface area (Å²) in [6.07, 6.45) is 4.10. The fourth-order valence-electron chi connectivity index (χ4n) is 4.99. The molecule has 2 aliphatic rings. The zero-order valence-corrected chi connectivity index (χ0v) is 18.7. The predicted molar refractivity (Wildman–Crippen MR) is 123 cm³/mol. The van der Waals surface area contributed by atoms with Gasteiger partial charge in [-0.05, 0) is 44.4 Å². The Hall–Kier alpha value is -2.95. The van der Waals surface area contributed by atoms with Crippen molar-refractivity contribution in [2.45, 2.75) is 56.8 Å². The molecule has 4 rings (SSSR count). The zero-order chi connectivity index (χ0) is 22.7. The molecule has 1 aromatic carbocycles. The number of anilines is 1. The third-order valence-electron chi connectivity index (χ3n) is 6.50. The monoisotopic (exact) mass is 433 g/mol. The Bertz CT molecular complexity index is 951. The van der Waals surface area contributed by atoms with E-state index in [1.807, 2.05) is 41.3 Å². The molecule has 0 saturated carbocycles. The summed E-state index contributed by atoms with van der Waals surface area (Å²) in [6.45, 7) is 5.48. The number of aliphatic hydroxyl groups is 1. The fraction of sp³-hybridized carbons (Fsp3) is 0.480. The molecule has 3 atom stereocenters. The number of carbonyl (C=O) groups excluding carboxylic acids is 1. The van der Waals surface area contributed by atoms with E-state index in [1.165, 1.54) is 0 Å². The van der Waals surface area contributed by atoms with Crippen LogP contribution in [0.4, 0.5) is 5.82 Å². The van der Waals surface area contributed by atoms with Gasteiger partial charge in [0.05, 0.1) is 17.2 Å². The van der Waals surface area contributed by atoms with Crippen LogP contribution in [0.15, 0.2) is 48.7 Å². The number of benzene rings is 1. The average molecular weight is 434 g/mol. The standard InChI is InChI=1S/C25H31N5O2/c1-25(2,32)24(19-6-4-3-5-7-19)27-13-12-23(31)29-16-20-9-10-21(17-29)30(20)22-11-8-18(14-26)15-28-22/h3-8,11,15,20-21,24,27,32H,9-10,12-13,16-17H2,1-2H3. The van der Waals surface area contributed by atoms with Crippen molar-refractivity contribution in [3.05, 3.63) is 59.8 Å². The maximum Gasteiger partial charge on any atom is 0.223 e. The molecule has 0 aliphatic carbocycles. The number of hydrogen-bond donors (Lipinski definition) is 2. The second kappa shape index (κ2) is 9.27. The van der Waals surface area contributed by atoms with Crippen LogP contribution in [0.1, 0.15) is 50.3 Å². The van der Waals surface area contributed by atoms with Crippen LogP contribution in [0.25, 0.3) is 0 Å². The second-order valence-corrected chi connectivity index (χ2v) is 9.31. The number of piperazine rings is 1. The minimum Gasteiger partial charge on any atom is -0.388 e. The first-order chi connectivity index (χ1) is 15.4. The molecule has 7 nitrogen and oxygen atoms in total. The number of rotatable bonds is 7. The highest BCUT2D eigenvalue weighted by atomic mass is 16.3. The number of carbonyl (C=O) groups is 1. The first-order valence-corrected chi connectivity index (χ1v) is 11.3. The summed E-state index contributed by atoms with van der Waals surface area (Å²) < 4.78 is 0. The molecule has 0 radical (unpaired) electrons. The topological polar surface area (TPSA) is 92.5 Å². The van der Waals surface area contributed by atoms with Crippen LogP contribution in [0.3, 0.4) is 0 Å². The van der Waals surface area contributed by atoms with E-state index in [1.54, 1.807) is 26.1 Å². The molecule has 0 spiro atoms. The van der Waals surface area contributed by atoms with Crippen molar-refractivity contribution < 1.29 is 9.90 Å². The van der Waals surface area contributed by atoms with Crippen LogP contribution in [0.2, 0.25) is 0 Å². The van der Waals surface area contributed by atoms with E-state index < -0.39 is 5.60 Å². The summed E-state index contributed by atoms with van der Waals surface area (Å²) in [5, 5.41) is 23.0. The van der Waals surface area contributed by atoms with Gasteiger partial charge in [-0.2, -0.15) is 5.26 Å². The Kier molecular flexibility index (Phi) is 6.45. The summed E-state index contributed by atoms with van der Waals surface area (Å²) in [7, 11) is 0. The third-order valence-corrected chi connectivity index (χ3v) is 6.50. The van der Waals surface area contributed by atoms with Gasteiger partial charge in [0, 0.05) is 44.3 Å². The summed E-state index contributed by atoms with van der Waals surface area (Å²) >= 11 is 0. The number of amides is 1. The minimum atomic E-state index is -0.941. The molecular formula is C25H31N5O2. The van der Waals surface area contributed by atoms with Crippen molar-refractivity contribution >= 4 is 11.7 Å². The highest BCUT2D eigenvalue weighted by molar-refractivity contribution is 5.77. The van der Waals surface area contributed by atoms with Crippen LogP contribution in [-0.4, -0.2) is 58.2 Å². The molecule has 2 saturated heterocycles. The van der Waals surface area contributed by atoms with E-state index in [2.05, 4.69) is 21.3 Å². The van der Waals surface area contributed by atoms with Gasteiger partial charge in [-0.1, -0.05) is 30.3 Å². The van der Waals surface area contributed by atoms with Crippen LogP contribution in [-0.2, 0) is 4.79 Å². The number of aromatic nitrogens is 1. The van der Waals surface area contributed by atoms with E-state index in [-0.39, 0.29) is 24.0 Å². The van der Waals surface area contributed by atoms with Crippen molar-refractivity contribution in [1.82, 2.24) is 15.2 Å². The molecule has 168 valence electrons. The molecule has 2 aliphatic heterocycles. The maximum atomic E-state index is 13.0. The Balaban J connectivity index is 1.34. The number of fused-ring (bicyclic) bond motifs is 2. The van der Waals surface area contributed by atoms with Crippen molar-refractivity contribution in [3.63, 3.8) is 0 Å². The lowest BCUT2D eigenvalue weighted by atomic mass is 9.92. The Labute approximate surface area is 189 Å². The first kappa shape index (κ1) is 22.3. The van der Waals surface area contributed by atoms with Crippen LogP contribution in [0.5, 0.6) is 0 Å². The smallest absolute Gasteiger partial charge is 0.223 e. The first-order valence-electron chi connectivity index (χ1n) is 11.3. The van der Waals surface area contributed by atoms with Gasteiger partial charge in [-0.25, -0.2) is 4.98 Å². The van der Waals surface area contributed by atoms with E-state index >= 15 is 0 Å². The SMILES string of the molecule is CC(C)(O)C(NCCC(=O)N1CC2CCC(C1)N2c1ccc(C#N)cn1)c1ccccc1. The molecule has 2 fully saturated rings. The predicted octanol–water partition coefficient (Wildman–Crippen LogP) is 2.62. The second-order valence-electron chi connectivity index (χ2n) is 9.31. The highest BCUT2D eigenvalue weighted by Crippen LogP contribution is 2.34. The molecule has 7 heteroatoms. The number of nitrogens with zero attached hydrogens (tertiary/aromatic N) is 4. The minimum absolute atomic E-state index is 0.143. The molecular weight excluding hydrogens is 402 g/mol. The number of likely N-dealkylation sites (tertiary alicyclic amines) is 1. The molecule has 2 N–H and O–H groups in total. The number of hydrogen-bond acceptors (Lipinski definition) is 6. The maximum absolute atomic E-state index is 13.0. The summed E-state index contributed by atoms with van der Waals surface area (Å²) in [6, 6.07) is 16.0. The van der Waals surface area contributed by atoms with Crippen LogP contribution in [0, 0.1) is 11.3 Å². The Morgan fingerprint density at radius 2 is 1.91 bits per heavy atom. The van der Waals surface area contributed by atoms with E-state index in [0.29, 0.717) is 31.6 Å². The van der Waals surface area contributed by atoms with Gasteiger partial charge in [0.15, 0.2) is 0 Å². The van der Waals surface area contributed by atoms with E-state index in [0.717, 1.165) is 24.2 Å². The van der Waals surface area contributed by atoms with Crippen LogP contribution >= 0.6 is 0 Å². The molecule has 2 aromatic rings. The lowest BCUT2D eigenvalue weighted by molar-refractivity contribution is -0.132. The van der Waals surface area contributed by atoms with Gasteiger partial charge in [0.25, 0.3) is 0 Å². The molecule has 3 unspecified atom stereocenters. The summed E-state index contributed by atoms with van der Waals surface area (Å²) in [5.74, 6) is 1.03. The van der Waals surface area contributed by atoms with Crippen LogP contribution < -0.4 is 10.2 Å². The number of pyridine rings is 1. The molecule has 1 amide bonds. The van der Waals surface area contributed by atoms with Gasteiger partial charge in [0.1, 0.15) is 11.9 Å². The van der Waals surface area contributed by atoms with E-state index in [4.69, 9.17) is 5.26 Å². The van der Waals surface area contributed by atoms with Gasteiger partial charge >= 0.3 is 0 Å². The third kappa shape index (κ3) is 4.77. The van der Waals surface area contributed by atoms with Gasteiger partial charge in [0.2, 0.25) is 5.91 Å². The Morgan fingerprint density at radius 3 is 2.47 bits per heavy atom. The van der Waals surface area contributed by atoms with Gasteiger partial charge in [-0.15, -0.1) is 0 Å².